The number of nitro groups is 1. The maximum absolute atomic E-state index is 13.3. The number of halogens is 3. The molecule has 0 aromatic heterocycles. The van der Waals surface area contributed by atoms with Crippen LogP contribution < -0.4 is 0 Å². The molecule has 9 heteroatoms. The van der Waals surface area contributed by atoms with Crippen molar-refractivity contribution in [3.8, 4) is 0 Å². The molecule has 0 heterocycles. The summed E-state index contributed by atoms with van der Waals surface area (Å²) in [7, 11) is -4.33. The molecule has 0 aliphatic carbocycles. The quantitative estimate of drug-likeness (QED) is 0.481. The van der Waals surface area contributed by atoms with Crippen LogP contribution in [0.5, 0.6) is 0 Å². The van der Waals surface area contributed by atoms with Crippen LogP contribution >= 0.6 is 11.6 Å². The number of nitro benzene ring substituents is 1. The fourth-order valence-corrected chi connectivity index (χ4v) is 3.01. The average molecular weight is 286 g/mol. The molecule has 0 aliphatic heterocycles. The van der Waals surface area contributed by atoms with Gasteiger partial charge in [-0.2, -0.15) is 0 Å². The van der Waals surface area contributed by atoms with Crippen LogP contribution in [0.4, 0.5) is 14.5 Å². The highest BCUT2D eigenvalue weighted by Crippen LogP contribution is 2.29. The smallest absolute Gasteiger partial charge is 0.258 e. The molecule has 0 saturated heterocycles. The third kappa shape index (κ3) is 2.70. The maximum atomic E-state index is 13.3. The molecule has 0 amide bonds. The summed E-state index contributed by atoms with van der Waals surface area (Å²) in [6.07, 6.45) is 0. The van der Waals surface area contributed by atoms with E-state index in [1.165, 1.54) is 0 Å². The van der Waals surface area contributed by atoms with E-state index in [1.54, 1.807) is 0 Å². The van der Waals surface area contributed by atoms with E-state index >= 15 is 0 Å². The normalized spacial score (nSPS) is 11.5. The Labute approximate surface area is 100 Å². The number of sulfone groups is 1. The van der Waals surface area contributed by atoms with Gasteiger partial charge < -0.3 is 0 Å². The summed E-state index contributed by atoms with van der Waals surface area (Å²) in [6, 6.07) is 1.09. The summed E-state index contributed by atoms with van der Waals surface area (Å²) >= 11 is 5.19. The lowest BCUT2D eigenvalue weighted by Crippen LogP contribution is -2.13. The van der Waals surface area contributed by atoms with E-state index in [0.29, 0.717) is 12.1 Å². The Kier molecular flexibility index (Phi) is 3.99. The molecule has 0 N–H and O–H groups in total. The lowest BCUT2D eigenvalue weighted by Gasteiger charge is -2.05. The molecular weight excluding hydrogens is 280 g/mol. The topological polar surface area (TPSA) is 77.3 Å². The predicted octanol–water partition coefficient (Wildman–Crippen LogP) is 1.89. The molecule has 0 aliphatic rings. The second-order valence-electron chi connectivity index (χ2n) is 2.97. The van der Waals surface area contributed by atoms with Gasteiger partial charge in [0.25, 0.3) is 5.69 Å². The van der Waals surface area contributed by atoms with Gasteiger partial charge in [-0.3, -0.25) is 10.1 Å². The van der Waals surface area contributed by atoms with E-state index in [4.69, 9.17) is 11.6 Å². The standard InChI is InChI=1S/C8H6ClF2NO4S/c9-3-4-17(15,16)8-6(12(13)14)2-1-5(10)7(8)11/h1-2H,3-4H2. The first-order chi connectivity index (χ1) is 7.81. The zero-order valence-corrected chi connectivity index (χ0v) is 9.76. The molecule has 1 rings (SSSR count). The molecule has 1 aromatic rings. The van der Waals surface area contributed by atoms with Crippen molar-refractivity contribution >= 4 is 27.1 Å². The van der Waals surface area contributed by atoms with Crippen molar-refractivity contribution < 1.29 is 22.1 Å². The van der Waals surface area contributed by atoms with E-state index in [1.807, 2.05) is 0 Å². The average Bonchev–Trinajstić information content (AvgIpc) is 2.20. The van der Waals surface area contributed by atoms with E-state index < -0.39 is 42.7 Å². The molecule has 17 heavy (non-hydrogen) atoms. The SMILES string of the molecule is O=[N+]([O-])c1ccc(F)c(F)c1S(=O)(=O)CCCl. The van der Waals surface area contributed by atoms with Gasteiger partial charge in [0.15, 0.2) is 26.4 Å². The van der Waals surface area contributed by atoms with Gasteiger partial charge in [0.2, 0.25) is 0 Å². The molecule has 0 bridgehead atoms. The number of rotatable bonds is 4. The third-order valence-corrected chi connectivity index (χ3v) is 4.05. The van der Waals surface area contributed by atoms with Gasteiger partial charge in [0.1, 0.15) is 0 Å². The van der Waals surface area contributed by atoms with E-state index in [0.717, 1.165) is 0 Å². The van der Waals surface area contributed by atoms with Crippen LogP contribution in [0.1, 0.15) is 0 Å². The van der Waals surface area contributed by atoms with Gasteiger partial charge in [-0.15, -0.1) is 11.6 Å². The van der Waals surface area contributed by atoms with Crippen LogP contribution in [0.15, 0.2) is 17.0 Å². The highest BCUT2D eigenvalue weighted by molar-refractivity contribution is 7.91. The molecular formula is C8H6ClF2NO4S. The van der Waals surface area contributed by atoms with Gasteiger partial charge in [0.05, 0.1) is 10.7 Å². The molecule has 0 saturated carbocycles. The summed E-state index contributed by atoms with van der Waals surface area (Å²) in [4.78, 5) is 8.20. The van der Waals surface area contributed by atoms with Crippen molar-refractivity contribution in [2.24, 2.45) is 0 Å². The van der Waals surface area contributed by atoms with Gasteiger partial charge in [-0.25, -0.2) is 17.2 Å². The summed E-state index contributed by atoms with van der Waals surface area (Å²) < 4.78 is 49.3. The van der Waals surface area contributed by atoms with Gasteiger partial charge >= 0.3 is 0 Å². The second-order valence-corrected chi connectivity index (χ2v) is 5.40. The fourth-order valence-electron chi connectivity index (χ4n) is 1.17. The molecule has 0 fully saturated rings. The molecule has 0 unspecified atom stereocenters. The summed E-state index contributed by atoms with van der Waals surface area (Å²) in [6.45, 7) is 0. The van der Waals surface area contributed by atoms with Crippen molar-refractivity contribution in [3.05, 3.63) is 33.9 Å². The van der Waals surface area contributed by atoms with E-state index in [-0.39, 0.29) is 5.88 Å². The number of nitrogens with zero attached hydrogens (tertiary/aromatic N) is 1. The monoisotopic (exact) mass is 285 g/mol. The van der Waals surface area contributed by atoms with Crippen LogP contribution in [0, 0.1) is 21.7 Å². The minimum Gasteiger partial charge on any atom is -0.258 e. The van der Waals surface area contributed by atoms with Crippen LogP contribution in [-0.4, -0.2) is 25.0 Å². The molecule has 94 valence electrons. The number of hydrogen-bond acceptors (Lipinski definition) is 4. The summed E-state index contributed by atoms with van der Waals surface area (Å²) in [5, 5.41) is 10.6. The Morgan fingerprint density at radius 3 is 2.41 bits per heavy atom. The Bertz CT molecular complexity index is 561. The van der Waals surface area contributed by atoms with Crippen LogP contribution in [0.25, 0.3) is 0 Å². The minimum atomic E-state index is -4.33. The highest BCUT2D eigenvalue weighted by Gasteiger charge is 2.31. The van der Waals surface area contributed by atoms with Gasteiger partial charge in [-0.05, 0) is 6.07 Å². The second kappa shape index (κ2) is 4.92. The van der Waals surface area contributed by atoms with E-state index in [9.17, 15) is 27.3 Å². The Morgan fingerprint density at radius 1 is 1.35 bits per heavy atom. The largest absolute Gasteiger partial charge is 0.291 e. The minimum absolute atomic E-state index is 0.380. The number of benzene rings is 1. The fraction of sp³-hybridized carbons (Fsp3) is 0.250. The van der Waals surface area contributed by atoms with Crippen LogP contribution in [0.2, 0.25) is 0 Å². The zero-order chi connectivity index (χ0) is 13.2. The lowest BCUT2D eigenvalue weighted by molar-refractivity contribution is -0.388. The predicted molar refractivity (Wildman–Crippen MR) is 55.8 cm³/mol. The van der Waals surface area contributed by atoms with E-state index in [2.05, 4.69) is 0 Å². The van der Waals surface area contributed by atoms with Crippen molar-refractivity contribution in [1.29, 1.82) is 0 Å². The molecule has 0 radical (unpaired) electrons. The van der Waals surface area contributed by atoms with Crippen molar-refractivity contribution in [3.63, 3.8) is 0 Å². The maximum Gasteiger partial charge on any atom is 0.291 e. The molecule has 5 nitrogen and oxygen atoms in total. The number of hydrogen-bond donors (Lipinski definition) is 0. The van der Waals surface area contributed by atoms with Crippen LogP contribution in [0.3, 0.4) is 0 Å². The first kappa shape index (κ1) is 13.8. The van der Waals surface area contributed by atoms with Crippen molar-refractivity contribution in [2.45, 2.75) is 4.90 Å². The molecule has 1 aromatic carbocycles. The number of alkyl halides is 1. The van der Waals surface area contributed by atoms with Crippen molar-refractivity contribution in [2.75, 3.05) is 11.6 Å². The molecule has 0 spiro atoms. The van der Waals surface area contributed by atoms with Gasteiger partial charge in [0, 0.05) is 11.9 Å². The Balaban J connectivity index is 3.60. The summed E-state index contributed by atoms with van der Waals surface area (Å²) in [5.41, 5.74) is -1.01. The first-order valence-corrected chi connectivity index (χ1v) is 6.41. The summed E-state index contributed by atoms with van der Waals surface area (Å²) in [5.74, 6) is -4.32. The lowest BCUT2D eigenvalue weighted by atomic mass is 10.3. The Morgan fingerprint density at radius 2 is 1.94 bits per heavy atom. The van der Waals surface area contributed by atoms with Crippen LogP contribution in [-0.2, 0) is 9.84 Å². The zero-order valence-electron chi connectivity index (χ0n) is 8.19. The third-order valence-electron chi connectivity index (χ3n) is 1.88. The molecule has 0 atom stereocenters. The van der Waals surface area contributed by atoms with Gasteiger partial charge in [-0.1, -0.05) is 0 Å². The highest BCUT2D eigenvalue weighted by atomic mass is 35.5. The first-order valence-electron chi connectivity index (χ1n) is 4.22. The van der Waals surface area contributed by atoms with Crippen molar-refractivity contribution in [1.82, 2.24) is 0 Å². The Hall–Kier alpha value is -1.28.